The van der Waals surface area contributed by atoms with Crippen molar-refractivity contribution in [2.45, 2.75) is 0 Å². The van der Waals surface area contributed by atoms with Crippen LogP contribution in [0.5, 0.6) is 0 Å². The van der Waals surface area contributed by atoms with E-state index in [1.807, 2.05) is 72.8 Å². The fourth-order valence-corrected chi connectivity index (χ4v) is 6.97. The van der Waals surface area contributed by atoms with Crippen LogP contribution in [0.4, 0.5) is 0 Å². The third-order valence-electron chi connectivity index (χ3n) is 9.36. The molecular formula is C50H32O. The van der Waals surface area contributed by atoms with Gasteiger partial charge >= 0.3 is 0 Å². The summed E-state index contributed by atoms with van der Waals surface area (Å²) < 4.78 is 121. The van der Waals surface area contributed by atoms with Crippen molar-refractivity contribution in [3.63, 3.8) is 0 Å². The summed E-state index contributed by atoms with van der Waals surface area (Å²) in [6, 6.07) is 29.0. The second kappa shape index (κ2) is 12.0. The van der Waals surface area contributed by atoms with E-state index in [0.717, 1.165) is 44.2 Å². The molecule has 0 N–H and O–H groups in total. The molecule has 0 unspecified atom stereocenters. The lowest BCUT2D eigenvalue weighted by Gasteiger charge is -2.18. The van der Waals surface area contributed by atoms with Crippen LogP contribution in [-0.4, -0.2) is 0 Å². The lowest BCUT2D eigenvalue weighted by atomic mass is 9.85. The largest absolute Gasteiger partial charge is 0.456 e. The summed E-state index contributed by atoms with van der Waals surface area (Å²) in [5.41, 5.74) is 4.60. The lowest BCUT2D eigenvalue weighted by Crippen LogP contribution is -1.91. The Hall–Kier alpha value is -6.70. The molecule has 10 rings (SSSR count). The highest BCUT2D eigenvalue weighted by molar-refractivity contribution is 6.21. The Morgan fingerprint density at radius 1 is 0.333 bits per heavy atom. The minimum absolute atomic E-state index is 0.0728. The molecule has 0 fully saturated rings. The summed E-state index contributed by atoms with van der Waals surface area (Å²) in [6.07, 6.45) is 0. The predicted octanol–water partition coefficient (Wildman–Crippen LogP) is 14.2. The van der Waals surface area contributed by atoms with Crippen molar-refractivity contribution in [1.82, 2.24) is 0 Å². The summed E-state index contributed by atoms with van der Waals surface area (Å²) in [5, 5.41) is 2.44. The van der Waals surface area contributed by atoms with Crippen molar-refractivity contribution in [2.75, 3.05) is 0 Å². The molecule has 10 aromatic rings. The molecule has 238 valence electrons. The molecule has 0 aliphatic carbocycles. The number of hydrogen-bond acceptors (Lipinski definition) is 1. The first-order chi connectivity index (χ1) is 30.7. The van der Waals surface area contributed by atoms with E-state index in [-0.39, 0.29) is 32.7 Å². The summed E-state index contributed by atoms with van der Waals surface area (Å²) in [4.78, 5) is 0. The molecule has 0 bridgehead atoms. The molecule has 0 atom stereocenters. The van der Waals surface area contributed by atoms with Crippen LogP contribution >= 0.6 is 0 Å². The predicted molar refractivity (Wildman–Crippen MR) is 216 cm³/mol. The van der Waals surface area contributed by atoms with E-state index in [0.29, 0.717) is 16.7 Å². The average Bonchev–Trinajstić information content (AvgIpc) is 3.76. The zero-order valence-electron chi connectivity index (χ0n) is 39.9. The van der Waals surface area contributed by atoms with Crippen LogP contribution in [-0.2, 0) is 0 Å². The zero-order chi connectivity index (χ0) is 45.0. The Balaban J connectivity index is 1.18. The monoisotopic (exact) mass is 661 g/mol. The van der Waals surface area contributed by atoms with E-state index in [1.54, 1.807) is 18.2 Å². The molecule has 0 spiro atoms. The van der Waals surface area contributed by atoms with Crippen molar-refractivity contribution < 1.29 is 22.2 Å². The van der Waals surface area contributed by atoms with E-state index >= 15 is 0 Å². The van der Waals surface area contributed by atoms with E-state index in [1.165, 1.54) is 0 Å². The van der Waals surface area contributed by atoms with E-state index in [4.69, 9.17) is 16.8 Å². The van der Waals surface area contributed by atoms with Gasteiger partial charge < -0.3 is 4.42 Å². The zero-order valence-corrected chi connectivity index (χ0v) is 26.9. The number of rotatable bonds is 5. The van der Waals surface area contributed by atoms with Gasteiger partial charge in [-0.05, 0) is 107 Å². The Kier molecular flexibility index (Phi) is 4.45. The molecule has 1 heterocycles. The highest BCUT2D eigenvalue weighted by Crippen LogP contribution is 2.44. The average molecular weight is 662 g/mol. The van der Waals surface area contributed by atoms with Gasteiger partial charge in [0.2, 0.25) is 0 Å². The van der Waals surface area contributed by atoms with Gasteiger partial charge in [0, 0.05) is 10.9 Å². The van der Waals surface area contributed by atoms with E-state index in [2.05, 4.69) is 24.3 Å². The van der Waals surface area contributed by atoms with Crippen molar-refractivity contribution in [2.24, 2.45) is 0 Å². The fraction of sp³-hybridized carbons (Fsp3) is 0. The van der Waals surface area contributed by atoms with E-state index in [9.17, 15) is 5.48 Å². The van der Waals surface area contributed by atoms with Crippen molar-refractivity contribution in [1.29, 1.82) is 0 Å². The minimum Gasteiger partial charge on any atom is -0.456 e. The molecular weight excluding hydrogens is 617 g/mol. The molecule has 0 aliphatic heterocycles. The van der Waals surface area contributed by atoms with Crippen molar-refractivity contribution in [3.05, 3.63) is 194 Å². The molecule has 0 saturated heterocycles. The van der Waals surface area contributed by atoms with Crippen molar-refractivity contribution in [3.8, 4) is 55.8 Å². The van der Waals surface area contributed by atoms with Gasteiger partial charge in [0.1, 0.15) is 11.3 Å². The standard InChI is InChI=1S/C50H32O/c1-2-13-34(14-3-1)49-43-20-6-8-22-45(43)50(46-23-9-7-21-44(46)49)42-19-11-18-38(30-42)36-16-10-17-37(28-36)39-25-27-41-32-48(51-47(41)31-39)40-26-24-33-12-4-5-15-35(33)29-40/h1-32H/i1D,2D,3D,6D,7D,8D,9D,13D,14D,20D,21D,22D,23D. The second-order valence-electron chi connectivity index (χ2n) is 12.3. The normalized spacial score (nSPS) is 15.1. The third kappa shape index (κ3) is 5.10. The molecule has 0 amide bonds. The summed E-state index contributed by atoms with van der Waals surface area (Å²) in [5.74, 6) is 0.750. The number of fused-ring (bicyclic) bond motifs is 4. The maximum atomic E-state index is 9.29. The minimum atomic E-state index is -0.715. The van der Waals surface area contributed by atoms with Gasteiger partial charge in [0.05, 0.1) is 17.8 Å². The van der Waals surface area contributed by atoms with Crippen LogP contribution in [0.2, 0.25) is 0 Å². The fourth-order valence-electron chi connectivity index (χ4n) is 6.97. The van der Waals surface area contributed by atoms with Crippen LogP contribution in [0.15, 0.2) is 198 Å². The topological polar surface area (TPSA) is 13.1 Å². The third-order valence-corrected chi connectivity index (χ3v) is 9.36. The van der Waals surface area contributed by atoms with Crippen LogP contribution < -0.4 is 0 Å². The Morgan fingerprint density at radius 2 is 0.843 bits per heavy atom. The number of hydrogen-bond donors (Lipinski definition) is 0. The molecule has 1 heteroatoms. The molecule has 51 heavy (non-hydrogen) atoms. The van der Waals surface area contributed by atoms with Gasteiger partial charge in [-0.1, -0.05) is 163 Å². The lowest BCUT2D eigenvalue weighted by molar-refractivity contribution is 0.632. The van der Waals surface area contributed by atoms with Crippen LogP contribution in [0, 0.1) is 0 Å². The Bertz CT molecular complexity index is 3560. The van der Waals surface area contributed by atoms with Crippen molar-refractivity contribution >= 4 is 43.3 Å². The van der Waals surface area contributed by atoms with Gasteiger partial charge in [-0.2, -0.15) is 0 Å². The molecule has 0 saturated carbocycles. The molecule has 0 radical (unpaired) electrons. The quantitative estimate of drug-likeness (QED) is 0.167. The first-order valence-corrected chi connectivity index (χ1v) is 16.4. The summed E-state index contributed by atoms with van der Waals surface area (Å²) >= 11 is 0. The van der Waals surface area contributed by atoms with Crippen LogP contribution in [0.3, 0.4) is 0 Å². The molecule has 1 aromatic heterocycles. The SMILES string of the molecule is [2H]c1c([2H])c([2H])c(-c2c3c([2H])c([2H])c([2H])c([2H])c3c(-c3cccc(-c4cccc(-c5ccc6cc(-c7ccc8ccccc8c7)oc6c5)c4)c3)c3c([2H])c([2H])c([2H])c([2H])c23)c([2H])c1[2H]. The first kappa shape index (κ1) is 18.9. The molecule has 9 aromatic carbocycles. The highest BCUT2D eigenvalue weighted by atomic mass is 16.3. The smallest absolute Gasteiger partial charge is 0.135 e. The molecule has 1 nitrogen and oxygen atoms in total. The Morgan fingerprint density at radius 3 is 1.51 bits per heavy atom. The van der Waals surface area contributed by atoms with Gasteiger partial charge in [-0.15, -0.1) is 0 Å². The molecule has 0 aliphatic rings. The van der Waals surface area contributed by atoms with Gasteiger partial charge in [-0.25, -0.2) is 0 Å². The highest BCUT2D eigenvalue weighted by Gasteiger charge is 2.17. The number of benzene rings is 9. The second-order valence-corrected chi connectivity index (χ2v) is 12.3. The number of furan rings is 1. The van der Waals surface area contributed by atoms with Gasteiger partial charge in [0.25, 0.3) is 0 Å². The van der Waals surface area contributed by atoms with E-state index < -0.39 is 84.1 Å². The van der Waals surface area contributed by atoms with Gasteiger partial charge in [0.15, 0.2) is 0 Å². The maximum absolute atomic E-state index is 9.29. The summed E-state index contributed by atoms with van der Waals surface area (Å²) in [6.45, 7) is 0. The van der Waals surface area contributed by atoms with Crippen LogP contribution in [0.1, 0.15) is 17.8 Å². The summed E-state index contributed by atoms with van der Waals surface area (Å²) in [7, 11) is 0. The van der Waals surface area contributed by atoms with Crippen LogP contribution in [0.25, 0.3) is 99.1 Å². The van der Waals surface area contributed by atoms with Gasteiger partial charge in [-0.3, -0.25) is 0 Å². The maximum Gasteiger partial charge on any atom is 0.135 e. The Labute approximate surface area is 315 Å². The first-order valence-electron chi connectivity index (χ1n) is 22.9.